The van der Waals surface area contributed by atoms with Gasteiger partial charge in [0.15, 0.2) is 0 Å². The summed E-state index contributed by atoms with van der Waals surface area (Å²) >= 11 is 0. The van der Waals surface area contributed by atoms with Crippen LogP contribution in [0.4, 0.5) is 10.1 Å². The minimum Gasteiger partial charge on any atom is -0.371 e. The Morgan fingerprint density at radius 2 is 2.00 bits per heavy atom. The zero-order valence-corrected chi connectivity index (χ0v) is 15.3. The molecule has 1 amide bonds. The number of nitrogens with zero attached hydrogens (tertiary/aromatic N) is 5. The van der Waals surface area contributed by atoms with Crippen LogP contribution in [-0.4, -0.2) is 26.0 Å². The number of anilines is 1. The van der Waals surface area contributed by atoms with Gasteiger partial charge in [-0.15, -0.1) is 5.10 Å². The van der Waals surface area contributed by atoms with Gasteiger partial charge in [0.2, 0.25) is 5.60 Å². The van der Waals surface area contributed by atoms with Gasteiger partial charge in [0.05, 0.1) is 36.6 Å². The second-order valence-corrected chi connectivity index (χ2v) is 6.75. The summed E-state index contributed by atoms with van der Waals surface area (Å²) in [5.41, 5.74) is -0.854. The zero-order chi connectivity index (χ0) is 20.6. The summed E-state index contributed by atoms with van der Waals surface area (Å²) in [4.78, 5) is 14.2. The first-order valence-corrected chi connectivity index (χ1v) is 8.80. The Morgan fingerprint density at radius 1 is 1.24 bits per heavy atom. The molecular formula is C21H16FN5O2. The van der Waals surface area contributed by atoms with Gasteiger partial charge in [0.1, 0.15) is 11.5 Å². The number of fused-ring (bicyclic) bond motifs is 1. The average Bonchev–Trinajstić information content (AvgIpc) is 3.25. The fourth-order valence-electron chi connectivity index (χ4n) is 3.40. The lowest BCUT2D eigenvalue weighted by Crippen LogP contribution is -2.41. The van der Waals surface area contributed by atoms with Crippen molar-refractivity contribution in [3.05, 3.63) is 89.5 Å². The van der Waals surface area contributed by atoms with Crippen molar-refractivity contribution < 1.29 is 14.3 Å². The van der Waals surface area contributed by atoms with Crippen LogP contribution in [0, 0.1) is 17.1 Å². The molecule has 0 aliphatic carbocycles. The van der Waals surface area contributed by atoms with Gasteiger partial charge in [-0.05, 0) is 23.8 Å². The van der Waals surface area contributed by atoms with E-state index in [1.54, 1.807) is 16.9 Å². The van der Waals surface area contributed by atoms with Crippen molar-refractivity contribution in [3.8, 4) is 6.07 Å². The molecule has 2 aromatic carbocycles. The Balaban J connectivity index is 1.64. The Morgan fingerprint density at radius 3 is 2.72 bits per heavy atom. The second kappa shape index (κ2) is 6.96. The van der Waals surface area contributed by atoms with Gasteiger partial charge in [0, 0.05) is 5.56 Å². The van der Waals surface area contributed by atoms with E-state index < -0.39 is 17.3 Å². The molecule has 2 heterocycles. The molecule has 0 spiro atoms. The molecule has 3 aromatic rings. The Kier molecular flexibility index (Phi) is 4.45. The van der Waals surface area contributed by atoms with Crippen molar-refractivity contribution in [2.75, 3.05) is 4.90 Å². The van der Waals surface area contributed by atoms with Crippen LogP contribution in [0.2, 0.25) is 0 Å². The molecule has 1 aromatic heterocycles. The van der Waals surface area contributed by atoms with Crippen LogP contribution in [0.5, 0.6) is 0 Å². The fourth-order valence-corrected chi connectivity index (χ4v) is 3.40. The number of carbonyl (C=O) groups is 1. The smallest absolute Gasteiger partial charge is 0.269 e. The van der Waals surface area contributed by atoms with E-state index in [0.29, 0.717) is 17.9 Å². The first-order valence-electron chi connectivity index (χ1n) is 8.80. The van der Waals surface area contributed by atoms with E-state index in [0.717, 1.165) is 11.6 Å². The number of hydrogen-bond donors (Lipinski definition) is 1. The maximum atomic E-state index is 13.8. The SMILES string of the molecule is C=C(C#N)C1(O)C(=O)N(Cc2cn(Cc3ccccc3)nn2)c2ccc(F)cc21. The molecule has 0 bridgehead atoms. The molecular weight excluding hydrogens is 373 g/mol. The van der Waals surface area contributed by atoms with E-state index in [-0.39, 0.29) is 17.7 Å². The molecule has 29 heavy (non-hydrogen) atoms. The number of nitriles is 1. The van der Waals surface area contributed by atoms with Crippen LogP contribution in [-0.2, 0) is 23.5 Å². The molecule has 1 aliphatic heterocycles. The molecule has 0 saturated carbocycles. The predicted octanol–water partition coefficient (Wildman–Crippen LogP) is 2.28. The first-order chi connectivity index (χ1) is 13.9. The van der Waals surface area contributed by atoms with Crippen molar-refractivity contribution in [2.45, 2.75) is 18.7 Å². The highest BCUT2D eigenvalue weighted by molar-refractivity contribution is 6.09. The van der Waals surface area contributed by atoms with Crippen molar-refractivity contribution in [1.29, 1.82) is 5.26 Å². The quantitative estimate of drug-likeness (QED) is 0.676. The van der Waals surface area contributed by atoms with Crippen LogP contribution in [0.15, 0.2) is 66.9 Å². The van der Waals surface area contributed by atoms with Gasteiger partial charge >= 0.3 is 0 Å². The highest BCUT2D eigenvalue weighted by atomic mass is 19.1. The number of amides is 1. The number of carbonyl (C=O) groups excluding carboxylic acids is 1. The van der Waals surface area contributed by atoms with Crippen molar-refractivity contribution in [1.82, 2.24) is 15.0 Å². The standard InChI is InChI=1S/C21H16FN5O2/c1-14(10-23)21(29)18-9-16(22)7-8-19(18)27(20(21)28)13-17-12-26(25-24-17)11-15-5-3-2-4-6-15/h2-9,12,29H,1,11,13H2. The topological polar surface area (TPSA) is 95.0 Å². The summed E-state index contributed by atoms with van der Waals surface area (Å²) in [6.07, 6.45) is 1.69. The minimum absolute atomic E-state index is 0.00722. The van der Waals surface area contributed by atoms with E-state index in [1.807, 2.05) is 30.3 Å². The number of halogens is 1. The molecule has 0 fully saturated rings. The van der Waals surface area contributed by atoms with Gasteiger partial charge in [-0.3, -0.25) is 4.79 Å². The van der Waals surface area contributed by atoms with E-state index >= 15 is 0 Å². The third-order valence-corrected chi connectivity index (χ3v) is 4.86. The van der Waals surface area contributed by atoms with Gasteiger partial charge in [-0.1, -0.05) is 42.1 Å². The van der Waals surface area contributed by atoms with Gasteiger partial charge in [-0.25, -0.2) is 9.07 Å². The maximum absolute atomic E-state index is 13.8. The highest BCUT2D eigenvalue weighted by Gasteiger charge is 2.52. The van der Waals surface area contributed by atoms with E-state index in [9.17, 15) is 19.6 Å². The second-order valence-electron chi connectivity index (χ2n) is 6.75. The molecule has 1 aliphatic rings. The average molecular weight is 389 g/mol. The van der Waals surface area contributed by atoms with E-state index in [4.69, 9.17) is 0 Å². The largest absolute Gasteiger partial charge is 0.371 e. The molecule has 144 valence electrons. The fraction of sp³-hybridized carbons (Fsp3) is 0.143. The summed E-state index contributed by atoms with van der Waals surface area (Å²) in [5, 5.41) is 28.3. The van der Waals surface area contributed by atoms with E-state index in [2.05, 4.69) is 16.9 Å². The molecule has 7 nitrogen and oxygen atoms in total. The summed E-state index contributed by atoms with van der Waals surface area (Å²) < 4.78 is 15.4. The number of aromatic nitrogens is 3. The molecule has 4 rings (SSSR count). The lowest BCUT2D eigenvalue weighted by Gasteiger charge is -2.21. The van der Waals surface area contributed by atoms with Crippen molar-refractivity contribution >= 4 is 11.6 Å². The normalized spacial score (nSPS) is 17.8. The third-order valence-electron chi connectivity index (χ3n) is 4.86. The van der Waals surface area contributed by atoms with Crippen LogP contribution in [0.3, 0.4) is 0 Å². The number of benzene rings is 2. The summed E-state index contributed by atoms with van der Waals surface area (Å²) in [6, 6.07) is 15.0. The number of aliphatic hydroxyl groups is 1. The van der Waals surface area contributed by atoms with Crippen molar-refractivity contribution in [3.63, 3.8) is 0 Å². The molecule has 1 atom stereocenters. The Labute approximate surface area is 165 Å². The van der Waals surface area contributed by atoms with E-state index in [1.165, 1.54) is 17.0 Å². The zero-order valence-electron chi connectivity index (χ0n) is 15.3. The molecule has 1 unspecified atom stereocenters. The summed E-state index contributed by atoms with van der Waals surface area (Å²) in [6.45, 7) is 4.01. The molecule has 1 N–H and O–H groups in total. The first kappa shape index (κ1) is 18.5. The van der Waals surface area contributed by atoms with Crippen LogP contribution in [0.25, 0.3) is 0 Å². The van der Waals surface area contributed by atoms with Gasteiger partial charge in [-0.2, -0.15) is 5.26 Å². The lowest BCUT2D eigenvalue weighted by atomic mass is 9.89. The molecule has 0 saturated heterocycles. The molecule has 0 radical (unpaired) electrons. The third kappa shape index (κ3) is 3.07. The van der Waals surface area contributed by atoms with Crippen LogP contribution in [0.1, 0.15) is 16.8 Å². The summed E-state index contributed by atoms with van der Waals surface area (Å²) in [7, 11) is 0. The van der Waals surface area contributed by atoms with Crippen LogP contribution >= 0.6 is 0 Å². The lowest BCUT2D eigenvalue weighted by molar-refractivity contribution is -0.132. The monoisotopic (exact) mass is 389 g/mol. The summed E-state index contributed by atoms with van der Waals surface area (Å²) in [5.74, 6) is -1.40. The predicted molar refractivity (Wildman–Crippen MR) is 102 cm³/mol. The van der Waals surface area contributed by atoms with Gasteiger partial charge in [0.25, 0.3) is 5.91 Å². The highest BCUT2D eigenvalue weighted by Crippen LogP contribution is 2.44. The number of rotatable bonds is 5. The van der Waals surface area contributed by atoms with Crippen molar-refractivity contribution in [2.24, 2.45) is 0 Å². The van der Waals surface area contributed by atoms with Gasteiger partial charge < -0.3 is 10.0 Å². The molecule has 8 heteroatoms. The minimum atomic E-state index is -2.30. The maximum Gasteiger partial charge on any atom is 0.269 e. The Hall–Kier alpha value is -3.83. The number of hydrogen-bond acceptors (Lipinski definition) is 5. The Bertz CT molecular complexity index is 1150. The van der Waals surface area contributed by atoms with Crippen LogP contribution < -0.4 is 4.90 Å².